The van der Waals surface area contributed by atoms with E-state index in [1.807, 2.05) is 6.92 Å². The van der Waals surface area contributed by atoms with Crippen molar-refractivity contribution in [3.05, 3.63) is 42.5 Å². The van der Waals surface area contributed by atoms with Crippen LogP contribution < -0.4 is 0 Å². The highest BCUT2D eigenvalue weighted by Gasteiger charge is 2.14. The Labute approximate surface area is 285 Å². The Kier molecular flexibility index (Phi) is 29.5. The molecule has 0 atom stereocenters. The number of rotatable bonds is 36. The van der Waals surface area contributed by atoms with Crippen LogP contribution in [0.4, 0.5) is 0 Å². The van der Waals surface area contributed by atoms with Gasteiger partial charge in [-0.1, -0.05) is 24.3 Å². The third-order valence-electron chi connectivity index (χ3n) is 5.76. The van der Waals surface area contributed by atoms with Crippen LogP contribution >= 0.6 is 0 Å². The van der Waals surface area contributed by atoms with Crippen LogP contribution in [-0.4, -0.2) is 160 Å². The second kappa shape index (κ2) is 32.2. The molecule has 15 nitrogen and oxygen atoms in total. The minimum atomic E-state index is -3.78. The molecule has 278 valence electrons. The predicted octanol–water partition coefficient (Wildman–Crippen LogP) is 1.60. The largest absolute Gasteiger partial charge is 0.460 e. The normalized spacial score (nSPS) is 11.6. The maximum absolute atomic E-state index is 12.1. The minimum absolute atomic E-state index is 0.0645. The Bertz CT molecular complexity index is 992. The number of esters is 1. The molecule has 0 radical (unpaired) electrons. The van der Waals surface area contributed by atoms with Crippen molar-refractivity contribution >= 4 is 16.1 Å². The molecule has 0 N–H and O–H groups in total. The molecular formula is C32H54O15S. The molecule has 1 aromatic rings. The summed E-state index contributed by atoms with van der Waals surface area (Å²) >= 11 is 0. The van der Waals surface area contributed by atoms with Crippen LogP contribution in [0.5, 0.6) is 0 Å². The number of ether oxygens (including phenoxy) is 11. The van der Waals surface area contributed by atoms with Crippen LogP contribution in [0.2, 0.25) is 0 Å². The quantitative estimate of drug-likeness (QED) is 0.0427. The second-order valence-electron chi connectivity index (χ2n) is 9.58. The highest BCUT2D eigenvalue weighted by Crippen LogP contribution is 2.12. The molecule has 0 aliphatic rings. The van der Waals surface area contributed by atoms with E-state index < -0.39 is 16.1 Å². The van der Waals surface area contributed by atoms with Gasteiger partial charge in [-0.2, -0.15) is 8.42 Å². The first-order valence-electron chi connectivity index (χ1n) is 16.0. The van der Waals surface area contributed by atoms with Crippen LogP contribution in [0.25, 0.3) is 0 Å². The van der Waals surface area contributed by atoms with Gasteiger partial charge in [0.25, 0.3) is 10.1 Å². The van der Waals surface area contributed by atoms with Crippen LogP contribution in [0, 0.1) is 6.92 Å². The number of carbonyl (C=O) groups is 1. The number of hydrogen-bond acceptors (Lipinski definition) is 15. The van der Waals surface area contributed by atoms with E-state index in [4.69, 9.17) is 56.3 Å². The van der Waals surface area contributed by atoms with E-state index in [1.54, 1.807) is 12.1 Å². The van der Waals surface area contributed by atoms with Crippen LogP contribution in [0.1, 0.15) is 5.56 Å². The third-order valence-corrected chi connectivity index (χ3v) is 7.09. The second-order valence-corrected chi connectivity index (χ2v) is 11.2. The standard InChI is InChI=1S/C32H54O15S/c1-3-32(33)46-28-26-44-24-22-42-20-18-40-16-14-38-12-10-36-8-9-37-11-13-39-15-17-41-19-21-43-23-25-45-27-29-47-48(34,35)31-6-4-30(2)5-7-31/h3-7H,1,8-29H2,2H3. The van der Waals surface area contributed by atoms with E-state index in [-0.39, 0.29) is 24.7 Å². The van der Waals surface area contributed by atoms with Gasteiger partial charge in [-0.15, -0.1) is 0 Å². The molecule has 1 aromatic carbocycles. The molecule has 0 saturated carbocycles. The molecule has 0 aromatic heterocycles. The molecule has 0 fully saturated rings. The first-order chi connectivity index (χ1) is 23.5. The summed E-state index contributed by atoms with van der Waals surface area (Å²) in [6.45, 7) is 13.7. The average molecular weight is 711 g/mol. The maximum atomic E-state index is 12.1. The van der Waals surface area contributed by atoms with Gasteiger partial charge < -0.3 is 52.1 Å². The van der Waals surface area contributed by atoms with Crippen molar-refractivity contribution < 1.29 is 69.5 Å². The fraction of sp³-hybridized carbons (Fsp3) is 0.719. The van der Waals surface area contributed by atoms with Crippen LogP contribution in [0.15, 0.2) is 41.8 Å². The third kappa shape index (κ3) is 27.8. The Morgan fingerprint density at radius 3 is 1.06 bits per heavy atom. The van der Waals surface area contributed by atoms with Crippen molar-refractivity contribution in [2.24, 2.45) is 0 Å². The Morgan fingerprint density at radius 2 is 0.771 bits per heavy atom. The zero-order valence-electron chi connectivity index (χ0n) is 28.2. The summed E-state index contributed by atoms with van der Waals surface area (Å²) < 4.78 is 87.9. The van der Waals surface area contributed by atoms with Gasteiger partial charge >= 0.3 is 5.97 Å². The van der Waals surface area contributed by atoms with E-state index >= 15 is 0 Å². The zero-order chi connectivity index (χ0) is 34.8. The Hall–Kier alpha value is -2.06. The van der Waals surface area contributed by atoms with Gasteiger partial charge in [0.15, 0.2) is 0 Å². The van der Waals surface area contributed by atoms with E-state index in [2.05, 4.69) is 6.58 Å². The number of hydrogen-bond donors (Lipinski definition) is 0. The van der Waals surface area contributed by atoms with Gasteiger partial charge in [-0.25, -0.2) is 4.79 Å². The molecular weight excluding hydrogens is 656 g/mol. The topological polar surface area (TPSA) is 162 Å². The van der Waals surface area contributed by atoms with Gasteiger partial charge in [-0.3, -0.25) is 4.18 Å². The molecule has 16 heteroatoms. The fourth-order valence-corrected chi connectivity index (χ4v) is 4.21. The van der Waals surface area contributed by atoms with Crippen molar-refractivity contribution in [2.45, 2.75) is 11.8 Å². The molecule has 0 unspecified atom stereocenters. The van der Waals surface area contributed by atoms with Crippen molar-refractivity contribution in [1.82, 2.24) is 0 Å². The van der Waals surface area contributed by atoms with Crippen molar-refractivity contribution in [1.29, 1.82) is 0 Å². The molecule has 48 heavy (non-hydrogen) atoms. The lowest BCUT2D eigenvalue weighted by molar-refractivity contribution is -0.139. The number of carbonyl (C=O) groups excluding carboxylic acids is 1. The smallest absolute Gasteiger partial charge is 0.330 e. The van der Waals surface area contributed by atoms with Gasteiger partial charge in [0.1, 0.15) is 6.61 Å². The first-order valence-corrected chi connectivity index (χ1v) is 17.4. The van der Waals surface area contributed by atoms with Gasteiger partial charge in [0, 0.05) is 6.08 Å². The van der Waals surface area contributed by atoms with Crippen molar-refractivity contribution in [3.8, 4) is 0 Å². The summed E-state index contributed by atoms with van der Waals surface area (Å²) in [5.74, 6) is -0.466. The van der Waals surface area contributed by atoms with Gasteiger partial charge in [-0.05, 0) is 19.1 Å². The first kappa shape index (κ1) is 44.0. The molecule has 0 aliphatic heterocycles. The highest BCUT2D eigenvalue weighted by atomic mass is 32.2. The van der Waals surface area contributed by atoms with E-state index in [9.17, 15) is 13.2 Å². The SMILES string of the molecule is C=CC(=O)OCCOCCOCCOCCOCCOCCOCCOCCOCCOCCOCCOS(=O)(=O)c1ccc(C)cc1. The van der Waals surface area contributed by atoms with Crippen LogP contribution in [-0.2, 0) is 71.2 Å². The molecule has 0 bridgehead atoms. The van der Waals surface area contributed by atoms with E-state index in [0.717, 1.165) is 11.6 Å². The monoisotopic (exact) mass is 710 g/mol. The Balaban J connectivity index is 1.68. The highest BCUT2D eigenvalue weighted by molar-refractivity contribution is 7.86. The molecule has 0 saturated heterocycles. The van der Waals surface area contributed by atoms with Crippen molar-refractivity contribution in [3.63, 3.8) is 0 Å². The lowest BCUT2D eigenvalue weighted by Gasteiger charge is -2.09. The van der Waals surface area contributed by atoms with Gasteiger partial charge in [0.2, 0.25) is 0 Å². The summed E-state index contributed by atoms with van der Waals surface area (Å²) in [6.07, 6.45) is 1.11. The molecule has 0 amide bonds. The zero-order valence-corrected chi connectivity index (χ0v) is 29.0. The lowest BCUT2D eigenvalue weighted by atomic mass is 10.2. The van der Waals surface area contributed by atoms with Crippen molar-refractivity contribution in [2.75, 3.05) is 145 Å². The number of benzene rings is 1. The lowest BCUT2D eigenvalue weighted by Crippen LogP contribution is -2.16. The summed E-state index contributed by atoms with van der Waals surface area (Å²) in [6, 6.07) is 6.47. The summed E-state index contributed by atoms with van der Waals surface area (Å²) in [5, 5.41) is 0. The molecule has 0 spiro atoms. The summed E-state index contributed by atoms with van der Waals surface area (Å²) in [7, 11) is -3.78. The number of aryl methyl sites for hydroxylation is 1. The molecule has 0 heterocycles. The molecule has 0 aliphatic carbocycles. The Morgan fingerprint density at radius 1 is 0.500 bits per heavy atom. The maximum Gasteiger partial charge on any atom is 0.330 e. The average Bonchev–Trinajstić information content (AvgIpc) is 3.08. The predicted molar refractivity (Wildman–Crippen MR) is 174 cm³/mol. The minimum Gasteiger partial charge on any atom is -0.460 e. The van der Waals surface area contributed by atoms with Crippen LogP contribution in [0.3, 0.4) is 0 Å². The van der Waals surface area contributed by atoms with E-state index in [1.165, 1.54) is 12.1 Å². The summed E-state index contributed by atoms with van der Waals surface area (Å²) in [5.41, 5.74) is 0.971. The van der Waals surface area contributed by atoms with E-state index in [0.29, 0.717) is 126 Å². The molecule has 1 rings (SSSR count). The summed E-state index contributed by atoms with van der Waals surface area (Å²) in [4.78, 5) is 11.0. The fourth-order valence-electron chi connectivity index (χ4n) is 3.32. The van der Waals surface area contributed by atoms with Gasteiger partial charge in [0.05, 0.1) is 144 Å².